The number of piperazine rings is 1. The van der Waals surface area contributed by atoms with Crippen LogP contribution in [0.3, 0.4) is 0 Å². The van der Waals surface area contributed by atoms with Gasteiger partial charge in [-0.15, -0.1) is 0 Å². The van der Waals surface area contributed by atoms with E-state index in [1.54, 1.807) is 12.3 Å². The van der Waals surface area contributed by atoms with Crippen molar-refractivity contribution in [1.29, 1.82) is 0 Å². The molecule has 2 aliphatic rings. The molecule has 5 nitrogen and oxygen atoms in total. The number of benzene rings is 1. The van der Waals surface area contributed by atoms with Gasteiger partial charge in [0.2, 0.25) is 0 Å². The molecule has 0 unspecified atom stereocenters. The lowest BCUT2D eigenvalue weighted by Crippen LogP contribution is -2.43. The maximum absolute atomic E-state index is 11.6. The molecular formula is C20H18N4O. The zero-order valence-electron chi connectivity index (χ0n) is 13.8. The molecule has 4 rings (SSSR count). The predicted octanol–water partition coefficient (Wildman–Crippen LogP) is 1.46. The Balaban J connectivity index is 1.44. The number of rotatable bonds is 2. The molecule has 0 atom stereocenters. The molecule has 5 heteroatoms. The molecule has 2 aromatic rings. The van der Waals surface area contributed by atoms with Crippen LogP contribution in [-0.4, -0.2) is 48.2 Å². The Kier molecular flexibility index (Phi) is 4.38. The Morgan fingerprint density at radius 1 is 1.08 bits per heavy atom. The van der Waals surface area contributed by atoms with E-state index in [2.05, 4.69) is 32.0 Å². The van der Waals surface area contributed by atoms with Crippen LogP contribution in [0.5, 0.6) is 0 Å². The van der Waals surface area contributed by atoms with E-state index in [0.29, 0.717) is 5.56 Å². The summed E-state index contributed by atoms with van der Waals surface area (Å²) in [5, 5.41) is 3.35. The van der Waals surface area contributed by atoms with Crippen molar-refractivity contribution in [3.8, 4) is 11.8 Å². The van der Waals surface area contributed by atoms with Crippen LogP contribution in [0.2, 0.25) is 0 Å². The zero-order valence-corrected chi connectivity index (χ0v) is 13.8. The Morgan fingerprint density at radius 2 is 1.88 bits per heavy atom. The number of aliphatic imine (C=N–C) groups is 1. The van der Waals surface area contributed by atoms with Gasteiger partial charge in [0.25, 0.3) is 5.91 Å². The molecule has 0 aliphatic carbocycles. The number of pyridine rings is 1. The monoisotopic (exact) mass is 330 g/mol. The number of nitrogens with one attached hydrogen (secondary N) is 1. The third-order valence-corrected chi connectivity index (χ3v) is 4.38. The first kappa shape index (κ1) is 15.7. The van der Waals surface area contributed by atoms with Crippen LogP contribution in [0, 0.1) is 11.8 Å². The van der Waals surface area contributed by atoms with Crippen molar-refractivity contribution in [2.24, 2.45) is 4.99 Å². The summed E-state index contributed by atoms with van der Waals surface area (Å²) in [7, 11) is 0. The number of aromatic nitrogens is 1. The molecule has 25 heavy (non-hydrogen) atoms. The molecule has 0 bridgehead atoms. The maximum Gasteiger partial charge on any atom is 0.277 e. The number of carbonyl (C=O) groups is 1. The first-order valence-electron chi connectivity index (χ1n) is 8.40. The van der Waals surface area contributed by atoms with Crippen LogP contribution in [0.4, 0.5) is 0 Å². The topological polar surface area (TPSA) is 57.6 Å². The molecule has 124 valence electrons. The number of carbonyl (C=O) groups excluding carboxylic acids is 1. The van der Waals surface area contributed by atoms with E-state index in [1.807, 2.05) is 30.5 Å². The van der Waals surface area contributed by atoms with E-state index in [1.165, 1.54) is 0 Å². The van der Waals surface area contributed by atoms with Crippen molar-refractivity contribution in [2.45, 2.75) is 6.54 Å². The van der Waals surface area contributed by atoms with E-state index in [9.17, 15) is 4.79 Å². The normalized spacial score (nSPS) is 16.4. The highest BCUT2D eigenvalue weighted by Gasteiger charge is 2.14. The summed E-state index contributed by atoms with van der Waals surface area (Å²) < 4.78 is 0. The third kappa shape index (κ3) is 3.66. The standard InChI is InChI=1S/C20H18N4O/c25-20-19-11-15(3-5-17(19)13-23-20)1-2-16-4-6-18(22-12-16)14-24-9-7-21-8-10-24/h3-6,11-13,21H,7-10,14H2. The zero-order chi connectivity index (χ0) is 17.1. The lowest BCUT2D eigenvalue weighted by Gasteiger charge is -2.26. The van der Waals surface area contributed by atoms with Crippen molar-refractivity contribution in [1.82, 2.24) is 15.2 Å². The average Bonchev–Trinajstić information content (AvgIpc) is 3.03. The van der Waals surface area contributed by atoms with Crippen molar-refractivity contribution >= 4 is 12.1 Å². The number of nitrogens with zero attached hydrogens (tertiary/aromatic N) is 3. The molecular weight excluding hydrogens is 312 g/mol. The van der Waals surface area contributed by atoms with Gasteiger partial charge in [0.15, 0.2) is 0 Å². The van der Waals surface area contributed by atoms with Crippen LogP contribution < -0.4 is 5.32 Å². The number of hydrogen-bond acceptors (Lipinski definition) is 4. The predicted molar refractivity (Wildman–Crippen MR) is 96.7 cm³/mol. The fourth-order valence-corrected chi connectivity index (χ4v) is 2.96. The summed E-state index contributed by atoms with van der Waals surface area (Å²) in [6.45, 7) is 5.08. The van der Waals surface area contributed by atoms with Crippen LogP contribution in [0.25, 0.3) is 0 Å². The molecule has 2 aliphatic heterocycles. The molecule has 0 spiro atoms. The van der Waals surface area contributed by atoms with Crippen molar-refractivity contribution < 1.29 is 4.79 Å². The van der Waals surface area contributed by atoms with Gasteiger partial charge in [-0.1, -0.05) is 17.9 Å². The molecule has 1 aromatic carbocycles. The fraction of sp³-hybridized carbons (Fsp3) is 0.250. The minimum atomic E-state index is -0.197. The lowest BCUT2D eigenvalue weighted by atomic mass is 10.1. The highest BCUT2D eigenvalue weighted by molar-refractivity contribution is 6.13. The molecule has 1 saturated heterocycles. The first-order valence-corrected chi connectivity index (χ1v) is 8.40. The first-order chi connectivity index (χ1) is 12.3. The van der Waals surface area contributed by atoms with Crippen molar-refractivity contribution in [2.75, 3.05) is 26.2 Å². The van der Waals surface area contributed by atoms with Crippen LogP contribution in [0.15, 0.2) is 41.5 Å². The quantitative estimate of drug-likeness (QED) is 0.847. The van der Waals surface area contributed by atoms with Gasteiger partial charge in [0.05, 0.1) is 11.3 Å². The van der Waals surface area contributed by atoms with Gasteiger partial charge >= 0.3 is 0 Å². The Morgan fingerprint density at radius 3 is 2.68 bits per heavy atom. The van der Waals surface area contributed by atoms with Crippen LogP contribution in [0.1, 0.15) is 32.7 Å². The summed E-state index contributed by atoms with van der Waals surface area (Å²) in [6, 6.07) is 9.61. The second kappa shape index (κ2) is 6.98. The van der Waals surface area contributed by atoms with E-state index in [4.69, 9.17) is 0 Å². The van der Waals surface area contributed by atoms with E-state index in [0.717, 1.165) is 55.1 Å². The molecule has 0 radical (unpaired) electrons. The third-order valence-electron chi connectivity index (χ3n) is 4.38. The highest BCUT2D eigenvalue weighted by atomic mass is 16.1. The number of hydrogen-bond donors (Lipinski definition) is 1. The molecule has 1 aromatic heterocycles. The maximum atomic E-state index is 11.6. The van der Waals surface area contributed by atoms with Gasteiger partial charge in [0.1, 0.15) is 0 Å². The van der Waals surface area contributed by atoms with Crippen molar-refractivity contribution in [3.05, 3.63) is 64.5 Å². The molecule has 1 fully saturated rings. The van der Waals surface area contributed by atoms with Crippen molar-refractivity contribution in [3.63, 3.8) is 0 Å². The van der Waals surface area contributed by atoms with E-state index < -0.39 is 0 Å². The largest absolute Gasteiger partial charge is 0.314 e. The summed E-state index contributed by atoms with van der Waals surface area (Å²) in [5.74, 6) is 6.01. The van der Waals surface area contributed by atoms with E-state index >= 15 is 0 Å². The number of fused-ring (bicyclic) bond motifs is 1. The summed E-state index contributed by atoms with van der Waals surface area (Å²) in [4.78, 5) is 22.3. The van der Waals surface area contributed by atoms with Crippen LogP contribution >= 0.6 is 0 Å². The van der Waals surface area contributed by atoms with Gasteiger partial charge in [0, 0.05) is 61.8 Å². The molecule has 3 heterocycles. The van der Waals surface area contributed by atoms with Crippen LogP contribution in [-0.2, 0) is 6.54 Å². The molecule has 1 amide bonds. The smallest absolute Gasteiger partial charge is 0.277 e. The minimum Gasteiger partial charge on any atom is -0.314 e. The second-order valence-corrected chi connectivity index (χ2v) is 6.18. The fourth-order valence-electron chi connectivity index (χ4n) is 2.96. The van der Waals surface area contributed by atoms with Gasteiger partial charge in [-0.05, 0) is 24.3 Å². The van der Waals surface area contributed by atoms with E-state index in [-0.39, 0.29) is 5.91 Å². The van der Waals surface area contributed by atoms with Gasteiger partial charge in [-0.2, -0.15) is 0 Å². The Labute approximate surface area is 146 Å². The SMILES string of the molecule is O=C1N=Cc2ccc(C#Cc3ccc(CN4CCNCC4)nc3)cc21. The highest BCUT2D eigenvalue weighted by Crippen LogP contribution is 2.16. The summed E-state index contributed by atoms with van der Waals surface area (Å²) >= 11 is 0. The molecule has 1 N–H and O–H groups in total. The Bertz CT molecular complexity index is 884. The summed E-state index contributed by atoms with van der Waals surface area (Å²) in [6.07, 6.45) is 3.40. The average molecular weight is 330 g/mol. The Hall–Kier alpha value is -2.81. The minimum absolute atomic E-state index is 0.197. The molecule has 0 saturated carbocycles. The number of amides is 1. The summed E-state index contributed by atoms with van der Waals surface area (Å²) in [5.41, 5.74) is 4.22. The second-order valence-electron chi connectivity index (χ2n) is 6.18. The van der Waals surface area contributed by atoms with Gasteiger partial charge < -0.3 is 5.32 Å². The van der Waals surface area contributed by atoms with Gasteiger partial charge in [-0.3, -0.25) is 14.7 Å². The van der Waals surface area contributed by atoms with Gasteiger partial charge in [-0.25, -0.2) is 4.99 Å². The lowest BCUT2D eigenvalue weighted by molar-refractivity contribution is 0.101.